The van der Waals surface area contributed by atoms with Gasteiger partial charge in [-0.1, -0.05) is 13.0 Å². The van der Waals surface area contributed by atoms with E-state index in [2.05, 4.69) is 0 Å². The highest BCUT2D eigenvalue weighted by atomic mass is 16.6. The van der Waals surface area contributed by atoms with Crippen LogP contribution in [0.5, 0.6) is 0 Å². The van der Waals surface area contributed by atoms with Gasteiger partial charge in [0.2, 0.25) is 6.29 Å². The Labute approximate surface area is 152 Å². The van der Waals surface area contributed by atoms with E-state index in [0.717, 1.165) is 0 Å². The van der Waals surface area contributed by atoms with Crippen LogP contribution in [0.4, 0.5) is 0 Å². The van der Waals surface area contributed by atoms with Crippen LogP contribution in [-0.2, 0) is 23.9 Å². The lowest BCUT2D eigenvalue weighted by molar-refractivity contribution is -0.166. The minimum Gasteiger partial charge on any atom is -0.453 e. The first-order chi connectivity index (χ1) is 12.0. The number of carbonyl (C=O) groups excluding carboxylic acids is 3. The van der Waals surface area contributed by atoms with Crippen LogP contribution in [0.2, 0.25) is 0 Å². The lowest BCUT2D eigenvalue weighted by Crippen LogP contribution is -2.55. The van der Waals surface area contributed by atoms with Gasteiger partial charge in [-0.2, -0.15) is 0 Å². The second-order valence-corrected chi connectivity index (χ2v) is 7.21. The number of cyclic esters (lactones) is 1. The first-order valence-corrected chi connectivity index (χ1v) is 8.70. The Kier molecular flexibility index (Phi) is 5.73. The molecule has 0 aromatic heterocycles. The standard InChI is InChI=1S/C19H26O7/c1-6-9(2)16(22)25-15(14-10(3)17(23)26-18(14)24)19(5)11(4)12(20)7-8-13(19)21/h6,11-12,15,17,20,23H,7-8H2,1-5H3/b9-6-. The summed E-state index contributed by atoms with van der Waals surface area (Å²) in [6.07, 6.45) is -1.48. The third-order valence-corrected chi connectivity index (χ3v) is 5.81. The van der Waals surface area contributed by atoms with Gasteiger partial charge in [-0.15, -0.1) is 0 Å². The molecule has 0 aromatic rings. The van der Waals surface area contributed by atoms with Gasteiger partial charge in [0.25, 0.3) is 0 Å². The maximum absolute atomic E-state index is 12.8. The highest BCUT2D eigenvalue weighted by Crippen LogP contribution is 2.46. The van der Waals surface area contributed by atoms with Crippen molar-refractivity contribution < 1.29 is 34.1 Å². The van der Waals surface area contributed by atoms with E-state index in [9.17, 15) is 24.6 Å². The molecule has 1 saturated carbocycles. The van der Waals surface area contributed by atoms with E-state index in [1.54, 1.807) is 33.8 Å². The van der Waals surface area contributed by atoms with Gasteiger partial charge in [0.15, 0.2) is 0 Å². The van der Waals surface area contributed by atoms with Gasteiger partial charge in [-0.05, 0) is 40.0 Å². The maximum atomic E-state index is 12.8. The fourth-order valence-corrected chi connectivity index (χ4v) is 3.50. The zero-order valence-corrected chi connectivity index (χ0v) is 15.7. The molecule has 0 spiro atoms. The molecule has 7 nitrogen and oxygen atoms in total. The molecule has 5 unspecified atom stereocenters. The molecule has 1 aliphatic heterocycles. The average Bonchev–Trinajstić information content (AvgIpc) is 2.85. The number of hydrogen-bond acceptors (Lipinski definition) is 7. The fourth-order valence-electron chi connectivity index (χ4n) is 3.50. The van der Waals surface area contributed by atoms with Crippen LogP contribution in [0.25, 0.3) is 0 Å². The van der Waals surface area contributed by atoms with E-state index in [-0.39, 0.29) is 23.4 Å². The summed E-state index contributed by atoms with van der Waals surface area (Å²) >= 11 is 0. The summed E-state index contributed by atoms with van der Waals surface area (Å²) in [7, 11) is 0. The molecule has 0 bridgehead atoms. The number of ether oxygens (including phenoxy) is 2. The zero-order valence-electron chi connectivity index (χ0n) is 15.7. The minimum absolute atomic E-state index is 0.0356. The normalized spacial score (nSPS) is 34.0. The van der Waals surface area contributed by atoms with E-state index < -0.39 is 41.8 Å². The Morgan fingerprint density at radius 3 is 2.50 bits per heavy atom. The largest absolute Gasteiger partial charge is 0.453 e. The van der Waals surface area contributed by atoms with E-state index in [1.165, 1.54) is 6.92 Å². The molecule has 1 aliphatic carbocycles. The van der Waals surface area contributed by atoms with E-state index in [1.807, 2.05) is 0 Å². The molecule has 0 amide bonds. The number of hydrogen-bond donors (Lipinski definition) is 2. The van der Waals surface area contributed by atoms with Crippen molar-refractivity contribution in [3.8, 4) is 0 Å². The van der Waals surface area contributed by atoms with Crippen molar-refractivity contribution in [1.82, 2.24) is 0 Å². The lowest BCUT2D eigenvalue weighted by Gasteiger charge is -2.45. The first-order valence-electron chi connectivity index (χ1n) is 8.70. The summed E-state index contributed by atoms with van der Waals surface area (Å²) in [4.78, 5) is 37.6. The van der Waals surface area contributed by atoms with Crippen molar-refractivity contribution in [3.63, 3.8) is 0 Å². The third-order valence-electron chi connectivity index (χ3n) is 5.81. The van der Waals surface area contributed by atoms with Crippen molar-refractivity contribution in [2.45, 2.75) is 66.0 Å². The predicted molar refractivity (Wildman–Crippen MR) is 91.6 cm³/mol. The Bertz CT molecular complexity index is 690. The highest BCUT2D eigenvalue weighted by molar-refractivity contribution is 5.97. The van der Waals surface area contributed by atoms with E-state index in [4.69, 9.17) is 9.47 Å². The maximum Gasteiger partial charge on any atom is 0.340 e. The van der Waals surface area contributed by atoms with Gasteiger partial charge in [0.05, 0.1) is 17.1 Å². The molecule has 0 aromatic carbocycles. The topological polar surface area (TPSA) is 110 Å². The number of carbonyl (C=O) groups is 3. The summed E-state index contributed by atoms with van der Waals surface area (Å²) in [5.74, 6) is -2.26. The number of esters is 2. The molecular weight excluding hydrogens is 340 g/mol. The quantitative estimate of drug-likeness (QED) is 0.572. The van der Waals surface area contributed by atoms with Gasteiger partial charge in [0, 0.05) is 17.6 Å². The minimum atomic E-state index is -1.44. The average molecular weight is 366 g/mol. The molecule has 2 aliphatic rings. The first kappa shape index (κ1) is 20.3. The second-order valence-electron chi connectivity index (χ2n) is 7.21. The molecule has 0 saturated heterocycles. The van der Waals surface area contributed by atoms with Gasteiger partial charge in [-0.3, -0.25) is 4.79 Å². The highest BCUT2D eigenvalue weighted by Gasteiger charge is 2.56. The SMILES string of the molecule is C/C=C(/C)C(=O)OC(C1=C(C)C(O)OC1=O)C1(C)C(=O)CCC(O)C1C. The number of Topliss-reactive ketones (excluding diaryl/α,β-unsaturated/α-hetero) is 1. The fraction of sp³-hybridized carbons (Fsp3) is 0.632. The monoisotopic (exact) mass is 366 g/mol. The number of ketones is 1. The Balaban J connectivity index is 2.59. The van der Waals surface area contributed by atoms with E-state index in [0.29, 0.717) is 12.0 Å². The number of aliphatic hydroxyl groups excluding tert-OH is 2. The van der Waals surface area contributed by atoms with Crippen molar-refractivity contribution in [1.29, 1.82) is 0 Å². The second kappa shape index (κ2) is 7.32. The molecule has 1 heterocycles. The number of allylic oxidation sites excluding steroid dienone is 1. The molecule has 5 atom stereocenters. The molecule has 1 fully saturated rings. The van der Waals surface area contributed by atoms with Crippen molar-refractivity contribution in [2.75, 3.05) is 0 Å². The predicted octanol–water partition coefficient (Wildman–Crippen LogP) is 1.42. The molecule has 2 rings (SSSR count). The Morgan fingerprint density at radius 2 is 2.00 bits per heavy atom. The van der Waals surface area contributed by atoms with Gasteiger partial charge in [-0.25, -0.2) is 9.59 Å². The zero-order chi connectivity index (χ0) is 19.8. The molecular formula is C19H26O7. The molecule has 144 valence electrons. The van der Waals surface area contributed by atoms with Gasteiger partial charge >= 0.3 is 11.9 Å². The van der Waals surface area contributed by atoms with Crippen molar-refractivity contribution in [2.24, 2.45) is 11.3 Å². The van der Waals surface area contributed by atoms with Crippen molar-refractivity contribution >= 4 is 17.7 Å². The Hall–Kier alpha value is -1.99. The number of rotatable bonds is 4. The summed E-state index contributed by atoms with van der Waals surface area (Å²) in [5, 5.41) is 20.2. The Morgan fingerprint density at radius 1 is 1.38 bits per heavy atom. The van der Waals surface area contributed by atoms with Crippen LogP contribution >= 0.6 is 0 Å². The molecule has 0 radical (unpaired) electrons. The van der Waals surface area contributed by atoms with Crippen LogP contribution in [0.1, 0.15) is 47.5 Å². The summed E-state index contributed by atoms with van der Waals surface area (Å²) < 4.78 is 10.4. The van der Waals surface area contributed by atoms with Crippen molar-refractivity contribution in [3.05, 3.63) is 22.8 Å². The van der Waals surface area contributed by atoms with Crippen LogP contribution in [0, 0.1) is 11.3 Å². The molecule has 2 N–H and O–H groups in total. The smallest absolute Gasteiger partial charge is 0.340 e. The van der Waals surface area contributed by atoms with Crippen LogP contribution in [0.15, 0.2) is 22.8 Å². The number of aliphatic hydroxyl groups is 2. The van der Waals surface area contributed by atoms with Crippen LogP contribution in [-0.4, -0.2) is 46.4 Å². The molecule has 26 heavy (non-hydrogen) atoms. The van der Waals surface area contributed by atoms with E-state index >= 15 is 0 Å². The van der Waals surface area contributed by atoms with Crippen LogP contribution < -0.4 is 0 Å². The third kappa shape index (κ3) is 3.21. The van der Waals surface area contributed by atoms with Gasteiger partial charge < -0.3 is 19.7 Å². The van der Waals surface area contributed by atoms with Crippen LogP contribution in [0.3, 0.4) is 0 Å². The summed E-state index contributed by atoms with van der Waals surface area (Å²) in [5.41, 5.74) is -0.833. The summed E-state index contributed by atoms with van der Waals surface area (Å²) in [6.45, 7) is 8.00. The van der Waals surface area contributed by atoms with Gasteiger partial charge in [0.1, 0.15) is 11.9 Å². The lowest BCUT2D eigenvalue weighted by atomic mass is 9.61. The summed E-state index contributed by atoms with van der Waals surface area (Å²) in [6, 6.07) is 0. The molecule has 7 heteroatoms.